The molecule has 11 amide bonds. The number of amides is 11. The fraction of sp³-hybridized carbons (Fsp3) is 0.738. The number of ketones is 1. The van der Waals surface area contributed by atoms with E-state index in [9.17, 15) is 95.3 Å². The molecule has 7 rings (SSSR count). The molecule has 624 valence electrons. The predicted octanol–water partition coefficient (Wildman–Crippen LogP) is -4.41. The summed E-state index contributed by atoms with van der Waals surface area (Å²) in [5, 5.41) is 28.6. The van der Waals surface area contributed by atoms with Gasteiger partial charge in [0.05, 0.1) is 121 Å². The fourth-order valence-electron chi connectivity index (χ4n) is 12.7. The van der Waals surface area contributed by atoms with Gasteiger partial charge in [0.25, 0.3) is 0 Å². The Morgan fingerprint density at radius 2 is 0.670 bits per heavy atom. The zero-order valence-electron chi connectivity index (χ0n) is 72.8. The molecule has 0 spiro atoms. The first-order valence-electron chi connectivity index (χ1n) is 39.6. The quantitative estimate of drug-likeness (QED) is 0.0211. The van der Waals surface area contributed by atoms with Crippen molar-refractivity contribution >= 4 is 148 Å². The van der Waals surface area contributed by atoms with Crippen LogP contribution in [0.1, 0.15) is 111 Å². The van der Waals surface area contributed by atoms with Gasteiger partial charge in [0.15, 0.2) is 39.5 Å². The number of methoxy groups -OCH3 is 1. The Hall–Kier alpha value is -7.98. The standard InChI is InChI=1S/C10H15NO3.C9H16BN2O3.C9H15NO4.C9H13NO4.C8H12BF2N2O2.C8H13BFN2O2.C8H14BN2O3.4CH5BN/c1-3-14-10(13)8-5-6(2)4-7(8)9(11)12;1-10-12-9(14)7-4-5(15-2)3-6(7)8(11)13;2*1-2-14-9(13)7-4-5(11)3-6(7)8(10)12;1-9-13-7(15)5-3-8(10,11)2-4(5)6(12)14;1-9-12-8(14)6-3-4(10)2-5(6)7(11)13;1-9-11-8(14)6-3-4(12)2-5(6)7(10)13;4*1-2-3/h7-8H,2-5H2,1H3,(H2,11,12);5-7H,3-4H2,1-2H3,(H2,11,13)(H,12,14);5-7,11H,2-4H2,1H3,(H2,10,12);6-7H,2-4H2,1H3,(H2,10,12);4-5H,2-3H2,1H3,(H2,12,14)(H,13,15);4-6H,2-3H2,1H3,(H2,11,13)(H,12,14);4-6,12H,2-3H2,1H3,(H2,10,13)(H,11,14);4*3H2,1H3/t7-,8-;5-,6-,7-;5-,6+,7+;6-,7-;4-,5-;4-,5-,6-;4-,5+,6+;;;;/m0010001..../s1/i/hD7. The highest BCUT2D eigenvalue weighted by Crippen LogP contribution is 2.44. The van der Waals surface area contributed by atoms with E-state index >= 15 is 0 Å². The second-order valence-corrected chi connectivity index (χ2v) is 25.8. The van der Waals surface area contributed by atoms with Gasteiger partial charge in [-0.3, -0.25) is 71.9 Å². The third kappa shape index (κ3) is 42.2. The summed E-state index contributed by atoms with van der Waals surface area (Å²) < 4.78 is 106. The molecule has 28 N–H and O–H groups in total. The Bertz CT molecular complexity index is 2960. The highest BCUT2D eigenvalue weighted by atomic mass is 19.3. The van der Waals surface area contributed by atoms with Gasteiger partial charge < -0.3 is 113 Å². The third-order valence-electron chi connectivity index (χ3n) is 17.5. The highest BCUT2D eigenvalue weighted by molar-refractivity contribution is 6.36. The van der Waals surface area contributed by atoms with E-state index in [1.54, 1.807) is 111 Å². The van der Waals surface area contributed by atoms with Crippen molar-refractivity contribution in [3.63, 3.8) is 0 Å². The van der Waals surface area contributed by atoms with Crippen molar-refractivity contribution in [2.45, 2.75) is 196 Å². The van der Waals surface area contributed by atoms with E-state index in [-0.39, 0.29) is 100 Å². The summed E-state index contributed by atoms with van der Waals surface area (Å²) in [6.07, 6.45) is -0.798. The van der Waals surface area contributed by atoms with Gasteiger partial charge in [0, 0.05) is 32.8 Å². The van der Waals surface area contributed by atoms with Crippen molar-refractivity contribution in [3.05, 3.63) is 12.2 Å². The normalized spacial score (nSPS) is 27.2. The second kappa shape index (κ2) is 60.6. The topological polar surface area (TPSA) is 668 Å². The SMILES string of the molecule is C[B]N.C[B]N.C[B]N.C[B]N.[2H]NC(=O)[C@H]1CC(=C)C[C@@H]1C(=O)OCC.[2H]NC(=O)[C@H]1CC(=O)C[C@@H]1C(=O)OCC.[2H]NC(=O)[C@H]1CC(F)(F)C[C@@H]1C(=O)N[B]C.[2H]NC(=O)[C@H]1C[C@@H](O)C[C@@H]1C(=O)N[B]C.[2H]NC(=O)[C@H]1C[C@@H](O)C[C@@H]1C(=O)OCC.[2H]NC(=O)[C@H]1C[C@H](F)C[C@@H]1C(=O)N[B]C.[2H]NC(=O)[C@H]1C[C@H](OC)C[C@@H]1C(=O)N[B]C. The van der Waals surface area contributed by atoms with Crippen LogP contribution in [0.2, 0.25) is 64.5 Å². The van der Waals surface area contributed by atoms with Gasteiger partial charge in [0.1, 0.15) is 12.0 Å². The maximum atomic E-state index is 13.1. The van der Waals surface area contributed by atoms with Crippen molar-refractivity contribution in [3.8, 4) is 0 Å². The predicted molar refractivity (Wildman–Crippen MR) is 417 cm³/mol. The number of esters is 3. The maximum Gasteiger partial charge on any atom is 0.310 e. The summed E-state index contributed by atoms with van der Waals surface area (Å²) in [4.78, 5) is 171. The smallest absolute Gasteiger partial charge is 0.310 e. The molecule has 7 fully saturated rings. The Morgan fingerprint density at radius 3 is 1.04 bits per heavy atom. The number of rotatable bonds is 22. The first-order chi connectivity index (χ1) is 56.2. The Balaban J connectivity index is -0.000000633. The first-order valence-corrected chi connectivity index (χ1v) is 36.1. The van der Waals surface area contributed by atoms with Crippen molar-refractivity contribution in [1.82, 2.24) is 20.9 Å². The number of hydrogen-bond acceptors (Lipinski definition) is 25. The number of nitrogens with one attached hydrogen (secondary N) is 4. The summed E-state index contributed by atoms with van der Waals surface area (Å²) in [6.45, 7) is 23.3. The van der Waals surface area contributed by atoms with Gasteiger partial charge >= 0.3 is 17.9 Å². The summed E-state index contributed by atoms with van der Waals surface area (Å²) in [5.41, 5.74) is 31.9. The summed E-state index contributed by atoms with van der Waals surface area (Å²) in [5.74, 6) is -19.2. The number of hydrogen-bond donors (Lipinski definition) is 17. The zero-order valence-corrected chi connectivity index (χ0v) is 65.8. The molecule has 18 atom stereocenters. The summed E-state index contributed by atoms with van der Waals surface area (Å²) in [7, 11) is 13.4. The van der Waals surface area contributed by atoms with Crippen LogP contribution in [0.15, 0.2) is 12.2 Å². The number of alkyl halides is 3. The number of halogens is 3. The number of ether oxygens (including phenoxy) is 4. The first kappa shape index (κ1) is 96.4. The third-order valence-corrected chi connectivity index (χ3v) is 17.5. The van der Waals surface area contributed by atoms with E-state index in [1.165, 1.54) is 59.3 Å². The van der Waals surface area contributed by atoms with Crippen molar-refractivity contribution in [2.75, 3.05) is 26.9 Å². The van der Waals surface area contributed by atoms with E-state index < -0.39 is 179 Å². The molecule has 7 saturated carbocycles. The molecule has 36 nitrogen and oxygen atoms in total. The number of primary amides is 7. The Kier molecular flexibility index (Phi) is 52.2. The minimum atomic E-state index is -3.02. The molecule has 0 heterocycles. The van der Waals surface area contributed by atoms with Crippen LogP contribution < -0.4 is 83.6 Å². The van der Waals surface area contributed by atoms with Crippen LogP contribution in [0, 0.1) is 82.9 Å². The fourth-order valence-corrected chi connectivity index (χ4v) is 12.7. The van der Waals surface area contributed by atoms with Crippen molar-refractivity contribution in [1.29, 1.82) is 0 Å². The molecule has 0 saturated heterocycles. The molecular formula is C65H118B8F3N15O21. The van der Waals surface area contributed by atoms with Crippen LogP contribution in [0.4, 0.5) is 13.2 Å². The molecule has 0 aromatic rings. The van der Waals surface area contributed by atoms with Gasteiger partial charge in [-0.1, -0.05) is 66.7 Å². The van der Waals surface area contributed by atoms with Gasteiger partial charge in [-0.05, 0) is 85.0 Å². The average molecular weight is 1600 g/mol. The lowest BCUT2D eigenvalue weighted by Crippen LogP contribution is -2.38. The van der Waals surface area contributed by atoms with Crippen molar-refractivity contribution < 1.29 is 124 Å². The van der Waals surface area contributed by atoms with Crippen LogP contribution in [0.25, 0.3) is 0 Å². The van der Waals surface area contributed by atoms with Gasteiger partial charge in [-0.15, -0.1) is 0 Å². The molecule has 112 heavy (non-hydrogen) atoms. The van der Waals surface area contributed by atoms with Gasteiger partial charge in [-0.2, -0.15) is 0 Å². The van der Waals surface area contributed by atoms with Crippen LogP contribution in [0.5, 0.6) is 0 Å². The second-order valence-electron chi connectivity index (χ2n) is 25.8. The lowest BCUT2D eigenvalue weighted by Gasteiger charge is -2.14. The van der Waals surface area contributed by atoms with Crippen LogP contribution in [0.3, 0.4) is 0 Å². The zero-order chi connectivity index (χ0) is 92.4. The Morgan fingerprint density at radius 1 is 0.420 bits per heavy atom. The Labute approximate surface area is 671 Å². The summed E-state index contributed by atoms with van der Waals surface area (Å²) in [6, 6.07) is 0. The van der Waals surface area contributed by atoms with E-state index in [0.717, 1.165) is 5.57 Å². The molecule has 47 heteroatoms. The van der Waals surface area contributed by atoms with Gasteiger partial charge in [0.2, 0.25) is 101 Å². The number of carbonyl (C=O) groups is 15. The van der Waals surface area contributed by atoms with Crippen molar-refractivity contribution in [2.24, 2.45) is 146 Å². The molecule has 0 bridgehead atoms. The van der Waals surface area contributed by atoms with E-state index in [2.05, 4.69) is 27.5 Å². The monoisotopic (exact) mass is 1600 g/mol. The van der Waals surface area contributed by atoms with Crippen LogP contribution >= 0.6 is 0 Å². The number of nitrogens with two attached hydrogens (primary N) is 11. The number of carbonyl (C=O) groups excluding carboxylic acids is 15. The largest absolute Gasteiger partial charge is 0.466 e. The highest BCUT2D eigenvalue weighted by Gasteiger charge is 2.52. The van der Waals surface area contributed by atoms with Gasteiger partial charge in [-0.25, -0.2) is 13.2 Å². The van der Waals surface area contributed by atoms with Crippen LogP contribution in [-0.4, -0.2) is 216 Å². The molecule has 0 aromatic carbocycles. The molecule has 0 unspecified atom stereocenters. The molecule has 0 aromatic heterocycles. The number of aliphatic hydroxyl groups is 2. The maximum absolute atomic E-state index is 13.1. The molecule has 8 radical (unpaired) electrons. The van der Waals surface area contributed by atoms with Crippen LogP contribution in [-0.2, 0) is 90.9 Å². The lowest BCUT2D eigenvalue weighted by molar-refractivity contribution is -0.151. The minimum absolute atomic E-state index is 0.0204. The molecular weight excluding hydrogens is 1470 g/mol. The number of allylic oxidation sites excluding steroid dienone is 1. The average Bonchev–Trinajstić information content (AvgIpc) is 1.63. The summed E-state index contributed by atoms with van der Waals surface area (Å²) >= 11 is 0. The molecule has 7 aliphatic rings. The van der Waals surface area contributed by atoms with E-state index in [0.29, 0.717) is 32.3 Å². The minimum Gasteiger partial charge on any atom is -0.466 e. The lowest BCUT2D eigenvalue weighted by atomic mass is 9.91. The molecule has 0 aliphatic heterocycles. The molecule has 7 aliphatic carbocycles. The number of aliphatic hydroxyl groups excluding tert-OH is 2. The number of Topliss-reactive ketones (excluding diaryl/α,β-unsaturated/α-hetero) is 1. The van der Waals surface area contributed by atoms with E-state index in [4.69, 9.17) is 51.4 Å². The van der Waals surface area contributed by atoms with E-state index in [1.807, 2.05) is 11.5 Å².